The predicted molar refractivity (Wildman–Crippen MR) is 139 cm³/mol. The summed E-state index contributed by atoms with van der Waals surface area (Å²) >= 11 is 0. The van der Waals surface area contributed by atoms with E-state index in [1.165, 1.54) is 16.9 Å². The van der Waals surface area contributed by atoms with Gasteiger partial charge in [0, 0.05) is 39.6 Å². The van der Waals surface area contributed by atoms with Gasteiger partial charge in [0.05, 0.1) is 17.1 Å². The van der Waals surface area contributed by atoms with Crippen LogP contribution in [0.3, 0.4) is 0 Å². The molecule has 4 heteroatoms. The Morgan fingerprint density at radius 3 is 1.97 bits per heavy atom. The third kappa shape index (κ3) is 4.10. The van der Waals surface area contributed by atoms with Crippen LogP contribution in [-0.4, -0.2) is 33.9 Å². The number of nitrogens with one attached hydrogen (secondary N) is 1. The molecule has 4 nitrogen and oxygen atoms in total. The van der Waals surface area contributed by atoms with Crippen molar-refractivity contribution in [2.45, 2.75) is 31.7 Å². The number of aliphatic imine (C=N–C) groups is 1. The first-order chi connectivity index (χ1) is 15.4. The molecule has 0 aromatic heterocycles. The Balaban J connectivity index is 1.90. The Bertz CT molecular complexity index is 1080. The maximum Gasteiger partial charge on any atom is 0.106 e. The Morgan fingerprint density at radius 2 is 1.38 bits per heavy atom. The molecule has 0 amide bonds. The molecular weight excluding hydrogens is 392 g/mol. The number of benzene rings is 3. The van der Waals surface area contributed by atoms with Gasteiger partial charge in [0.1, 0.15) is 5.54 Å². The van der Waals surface area contributed by atoms with Gasteiger partial charge >= 0.3 is 0 Å². The van der Waals surface area contributed by atoms with E-state index in [9.17, 15) is 0 Å². The van der Waals surface area contributed by atoms with E-state index < -0.39 is 0 Å². The molecule has 1 atom stereocenters. The molecule has 166 valence electrons. The van der Waals surface area contributed by atoms with Crippen molar-refractivity contribution in [1.29, 1.82) is 0 Å². The number of anilines is 3. The standard InChI is InChI=1S/C28H34N4/c1-6-7-20-28(22-14-18-24(19-15-22)32(4)5)27(21-12-16-23(17-13-21)31(2)3)29-25-10-8-9-11-26(25)30-28/h8-19,30H,6-7,20H2,1-5H3/t28-/m1/s1. The van der Waals surface area contributed by atoms with Gasteiger partial charge in [0.2, 0.25) is 0 Å². The number of rotatable bonds is 7. The number of hydrogen-bond donors (Lipinski definition) is 1. The molecule has 0 radical (unpaired) electrons. The molecule has 0 bridgehead atoms. The fraction of sp³-hybridized carbons (Fsp3) is 0.321. The number of nitrogens with zero attached hydrogens (tertiary/aromatic N) is 3. The highest BCUT2D eigenvalue weighted by molar-refractivity contribution is 6.13. The van der Waals surface area contributed by atoms with Crippen molar-refractivity contribution in [3.63, 3.8) is 0 Å². The van der Waals surface area contributed by atoms with Crippen molar-refractivity contribution in [2.24, 2.45) is 4.99 Å². The van der Waals surface area contributed by atoms with Crippen LogP contribution < -0.4 is 15.1 Å². The number of hydrogen-bond acceptors (Lipinski definition) is 4. The summed E-state index contributed by atoms with van der Waals surface area (Å²) in [5.41, 5.74) is 7.59. The van der Waals surface area contributed by atoms with Crippen molar-refractivity contribution in [3.05, 3.63) is 83.9 Å². The van der Waals surface area contributed by atoms with E-state index in [0.29, 0.717) is 0 Å². The van der Waals surface area contributed by atoms with Crippen LogP contribution in [0.1, 0.15) is 37.3 Å². The van der Waals surface area contributed by atoms with Crippen LogP contribution in [0, 0.1) is 0 Å². The van der Waals surface area contributed by atoms with Crippen molar-refractivity contribution >= 4 is 28.5 Å². The maximum absolute atomic E-state index is 5.26. The van der Waals surface area contributed by atoms with Crippen molar-refractivity contribution < 1.29 is 0 Å². The van der Waals surface area contributed by atoms with Crippen LogP contribution >= 0.6 is 0 Å². The summed E-state index contributed by atoms with van der Waals surface area (Å²) in [7, 11) is 8.30. The molecule has 0 spiro atoms. The molecular formula is C28H34N4. The summed E-state index contributed by atoms with van der Waals surface area (Å²) in [4.78, 5) is 9.53. The Kier molecular flexibility index (Phi) is 6.22. The molecule has 4 rings (SSSR count). The van der Waals surface area contributed by atoms with Gasteiger partial charge in [-0.15, -0.1) is 0 Å². The van der Waals surface area contributed by atoms with Crippen LogP contribution in [0.4, 0.5) is 22.7 Å². The molecule has 0 saturated heterocycles. The Hall–Kier alpha value is -3.27. The average molecular weight is 427 g/mol. The highest BCUT2D eigenvalue weighted by Crippen LogP contribution is 2.43. The van der Waals surface area contributed by atoms with Crippen LogP contribution in [0.5, 0.6) is 0 Å². The minimum absolute atomic E-state index is 0.380. The second-order valence-corrected chi connectivity index (χ2v) is 8.99. The van der Waals surface area contributed by atoms with Gasteiger partial charge in [-0.2, -0.15) is 0 Å². The normalized spacial score (nSPS) is 17.2. The van der Waals surface area contributed by atoms with E-state index in [-0.39, 0.29) is 5.54 Å². The van der Waals surface area contributed by atoms with Crippen molar-refractivity contribution in [3.8, 4) is 0 Å². The van der Waals surface area contributed by atoms with E-state index >= 15 is 0 Å². The van der Waals surface area contributed by atoms with E-state index in [1.54, 1.807) is 0 Å². The fourth-order valence-corrected chi connectivity index (χ4v) is 4.43. The molecule has 1 heterocycles. The molecule has 1 N–H and O–H groups in total. The summed E-state index contributed by atoms with van der Waals surface area (Å²) in [6.45, 7) is 2.25. The van der Waals surface area contributed by atoms with E-state index in [1.807, 2.05) is 0 Å². The first-order valence-corrected chi connectivity index (χ1v) is 11.5. The zero-order valence-corrected chi connectivity index (χ0v) is 19.9. The summed E-state index contributed by atoms with van der Waals surface area (Å²) in [6.07, 6.45) is 3.22. The smallest absolute Gasteiger partial charge is 0.106 e. The molecule has 0 aliphatic carbocycles. The van der Waals surface area contributed by atoms with Crippen molar-refractivity contribution in [1.82, 2.24) is 0 Å². The molecule has 0 saturated carbocycles. The van der Waals surface area contributed by atoms with Crippen LogP contribution in [0.2, 0.25) is 0 Å². The van der Waals surface area contributed by atoms with E-state index in [2.05, 4.69) is 123 Å². The van der Waals surface area contributed by atoms with Crippen LogP contribution in [0.25, 0.3) is 0 Å². The lowest BCUT2D eigenvalue weighted by Gasteiger charge is -2.41. The summed E-state index contributed by atoms with van der Waals surface area (Å²) in [6, 6.07) is 26.1. The topological polar surface area (TPSA) is 30.9 Å². The lowest BCUT2D eigenvalue weighted by atomic mass is 9.76. The zero-order chi connectivity index (χ0) is 22.7. The fourth-order valence-electron chi connectivity index (χ4n) is 4.43. The highest BCUT2D eigenvalue weighted by atomic mass is 15.1. The summed E-state index contributed by atoms with van der Waals surface area (Å²) < 4.78 is 0. The summed E-state index contributed by atoms with van der Waals surface area (Å²) in [5.74, 6) is 0. The third-order valence-corrected chi connectivity index (χ3v) is 6.33. The first kappa shape index (κ1) is 21.9. The number of para-hydroxylation sites is 2. The molecule has 1 aliphatic rings. The predicted octanol–water partition coefficient (Wildman–Crippen LogP) is 6.45. The van der Waals surface area contributed by atoms with Gasteiger partial charge < -0.3 is 15.1 Å². The first-order valence-electron chi connectivity index (χ1n) is 11.5. The maximum atomic E-state index is 5.26. The SMILES string of the molecule is CCCC[C@]1(c2ccc(N(C)C)cc2)Nc2ccccc2N=C1c1ccc(N(C)C)cc1. The summed E-state index contributed by atoms with van der Waals surface area (Å²) in [5, 5.41) is 3.94. The molecule has 0 fully saturated rings. The van der Waals surface area contributed by atoms with Gasteiger partial charge in [0.25, 0.3) is 0 Å². The second-order valence-electron chi connectivity index (χ2n) is 8.99. The number of fused-ring (bicyclic) bond motifs is 1. The van der Waals surface area contributed by atoms with Crippen LogP contribution in [0.15, 0.2) is 77.8 Å². The lowest BCUT2D eigenvalue weighted by Crippen LogP contribution is -2.45. The molecule has 1 aliphatic heterocycles. The van der Waals surface area contributed by atoms with Gasteiger partial charge in [-0.25, -0.2) is 4.99 Å². The average Bonchev–Trinajstić information content (AvgIpc) is 2.82. The minimum Gasteiger partial charge on any atom is -0.378 e. The quantitative estimate of drug-likeness (QED) is 0.471. The van der Waals surface area contributed by atoms with Gasteiger partial charge in [-0.1, -0.05) is 56.2 Å². The van der Waals surface area contributed by atoms with Crippen LogP contribution in [-0.2, 0) is 5.54 Å². The lowest BCUT2D eigenvalue weighted by molar-refractivity contribution is 0.551. The highest BCUT2D eigenvalue weighted by Gasteiger charge is 2.41. The largest absolute Gasteiger partial charge is 0.378 e. The van der Waals surface area contributed by atoms with Gasteiger partial charge in [-0.3, -0.25) is 0 Å². The van der Waals surface area contributed by atoms with E-state index in [0.717, 1.165) is 41.9 Å². The molecule has 32 heavy (non-hydrogen) atoms. The number of unbranched alkanes of at least 4 members (excludes halogenated alkanes) is 1. The zero-order valence-electron chi connectivity index (χ0n) is 19.9. The monoisotopic (exact) mass is 426 g/mol. The molecule has 3 aromatic rings. The second kappa shape index (κ2) is 9.07. The van der Waals surface area contributed by atoms with Crippen molar-refractivity contribution in [2.75, 3.05) is 43.3 Å². The molecule has 0 unspecified atom stereocenters. The van der Waals surface area contributed by atoms with Gasteiger partial charge in [-0.05, 0) is 53.9 Å². The minimum atomic E-state index is -0.380. The Labute approximate surface area is 192 Å². The Morgan fingerprint density at radius 1 is 0.781 bits per heavy atom. The third-order valence-electron chi connectivity index (χ3n) is 6.33. The molecule has 3 aromatic carbocycles. The van der Waals surface area contributed by atoms with Gasteiger partial charge in [0.15, 0.2) is 0 Å². The van der Waals surface area contributed by atoms with E-state index in [4.69, 9.17) is 4.99 Å².